The predicted octanol–water partition coefficient (Wildman–Crippen LogP) is 1.96. The van der Waals surface area contributed by atoms with Crippen molar-refractivity contribution in [3.8, 4) is 16.9 Å². The molecule has 19 heavy (non-hydrogen) atoms. The number of nitrogens with zero attached hydrogens (tertiary/aromatic N) is 3. The Balaban J connectivity index is 2.12. The average Bonchev–Trinajstić information content (AvgIpc) is 3.10. The van der Waals surface area contributed by atoms with Crippen LogP contribution in [0.5, 0.6) is 0 Å². The third-order valence-corrected chi connectivity index (χ3v) is 2.77. The van der Waals surface area contributed by atoms with E-state index in [1.165, 1.54) is 6.07 Å². The molecule has 0 fully saturated rings. The number of H-pyrrole nitrogens is 1. The van der Waals surface area contributed by atoms with E-state index >= 15 is 0 Å². The van der Waals surface area contributed by atoms with Gasteiger partial charge in [0, 0.05) is 18.0 Å². The lowest BCUT2D eigenvalue weighted by Crippen LogP contribution is -1.95. The third kappa shape index (κ3) is 1.99. The molecular formula is C13H10N4O2. The van der Waals surface area contributed by atoms with Crippen molar-refractivity contribution in [3.05, 3.63) is 54.7 Å². The summed E-state index contributed by atoms with van der Waals surface area (Å²) in [5.74, 6) is -1.03. The molecule has 2 heterocycles. The number of carboxylic acids is 1. The minimum absolute atomic E-state index is 0.0652. The largest absolute Gasteiger partial charge is 0.477 e. The van der Waals surface area contributed by atoms with Crippen LogP contribution in [0, 0.1) is 0 Å². The molecule has 2 N–H and O–H groups in total. The van der Waals surface area contributed by atoms with Crippen molar-refractivity contribution < 1.29 is 9.90 Å². The van der Waals surface area contributed by atoms with E-state index in [2.05, 4.69) is 15.2 Å². The third-order valence-electron chi connectivity index (χ3n) is 2.77. The molecule has 94 valence electrons. The molecule has 0 radical (unpaired) electrons. The van der Waals surface area contributed by atoms with Gasteiger partial charge in [0.25, 0.3) is 0 Å². The number of aromatic amines is 1. The van der Waals surface area contributed by atoms with Crippen LogP contribution in [0.3, 0.4) is 0 Å². The molecule has 0 unspecified atom stereocenters. The van der Waals surface area contributed by atoms with Crippen LogP contribution in [0.4, 0.5) is 0 Å². The summed E-state index contributed by atoms with van der Waals surface area (Å²) in [6.45, 7) is 0. The zero-order chi connectivity index (χ0) is 13.2. The monoisotopic (exact) mass is 254 g/mol. The molecule has 0 saturated carbocycles. The summed E-state index contributed by atoms with van der Waals surface area (Å²) in [6, 6.07) is 9.11. The lowest BCUT2D eigenvalue weighted by Gasteiger charge is -2.07. The number of aromatic carboxylic acids is 1. The molecule has 0 saturated heterocycles. The van der Waals surface area contributed by atoms with Crippen LogP contribution < -0.4 is 0 Å². The summed E-state index contributed by atoms with van der Waals surface area (Å²) in [4.78, 5) is 14.9. The van der Waals surface area contributed by atoms with Gasteiger partial charge in [0.05, 0.1) is 17.7 Å². The molecule has 0 amide bonds. The first-order chi connectivity index (χ1) is 9.25. The molecule has 2 aromatic heterocycles. The number of rotatable bonds is 3. The lowest BCUT2D eigenvalue weighted by molar-refractivity contribution is 0.0690. The molecule has 6 nitrogen and oxygen atoms in total. The number of para-hydroxylation sites is 1. The first-order valence-electron chi connectivity index (χ1n) is 5.62. The van der Waals surface area contributed by atoms with Gasteiger partial charge in [-0.05, 0) is 12.1 Å². The quantitative estimate of drug-likeness (QED) is 0.748. The Hall–Kier alpha value is -2.89. The Morgan fingerprint density at radius 2 is 2.16 bits per heavy atom. The Morgan fingerprint density at radius 1 is 1.32 bits per heavy atom. The average molecular weight is 254 g/mol. The summed E-state index contributed by atoms with van der Waals surface area (Å²) in [6.07, 6.45) is 5.19. The minimum Gasteiger partial charge on any atom is -0.477 e. The van der Waals surface area contributed by atoms with Crippen molar-refractivity contribution in [2.24, 2.45) is 0 Å². The maximum absolute atomic E-state index is 10.9. The van der Waals surface area contributed by atoms with Crippen molar-refractivity contribution in [1.82, 2.24) is 19.7 Å². The van der Waals surface area contributed by atoms with Crippen molar-refractivity contribution in [2.75, 3.05) is 0 Å². The van der Waals surface area contributed by atoms with E-state index in [4.69, 9.17) is 5.11 Å². The zero-order valence-electron chi connectivity index (χ0n) is 9.82. The van der Waals surface area contributed by atoms with Gasteiger partial charge in [0.2, 0.25) is 0 Å². The molecular weight excluding hydrogens is 244 g/mol. The highest BCUT2D eigenvalue weighted by molar-refractivity contribution is 5.87. The second kappa shape index (κ2) is 4.41. The molecule has 0 aliphatic rings. The zero-order valence-corrected chi connectivity index (χ0v) is 9.82. The van der Waals surface area contributed by atoms with Crippen LogP contribution in [0.2, 0.25) is 0 Å². The van der Waals surface area contributed by atoms with Gasteiger partial charge in [-0.15, -0.1) is 0 Å². The van der Waals surface area contributed by atoms with Gasteiger partial charge in [0.1, 0.15) is 5.69 Å². The van der Waals surface area contributed by atoms with E-state index in [-0.39, 0.29) is 5.69 Å². The van der Waals surface area contributed by atoms with Gasteiger partial charge >= 0.3 is 5.97 Å². The summed E-state index contributed by atoms with van der Waals surface area (Å²) in [5.41, 5.74) is 2.38. The van der Waals surface area contributed by atoms with Crippen molar-refractivity contribution in [3.63, 3.8) is 0 Å². The SMILES string of the molecule is O=C(O)c1cc(-c2ccccc2-n2ccnc2)n[nH]1. The number of aromatic nitrogens is 4. The number of imidazole rings is 1. The maximum atomic E-state index is 10.9. The van der Waals surface area contributed by atoms with Gasteiger partial charge in [0.15, 0.2) is 0 Å². The molecule has 3 rings (SSSR count). The first-order valence-corrected chi connectivity index (χ1v) is 5.62. The van der Waals surface area contributed by atoms with Gasteiger partial charge in [-0.25, -0.2) is 9.78 Å². The number of carbonyl (C=O) groups is 1. The van der Waals surface area contributed by atoms with E-state index in [0.717, 1.165) is 11.3 Å². The lowest BCUT2D eigenvalue weighted by atomic mass is 10.1. The van der Waals surface area contributed by atoms with Crippen LogP contribution in [0.15, 0.2) is 49.1 Å². The second-order valence-corrected chi connectivity index (χ2v) is 3.96. The summed E-state index contributed by atoms with van der Waals surface area (Å²) < 4.78 is 1.85. The fraction of sp³-hybridized carbons (Fsp3) is 0. The van der Waals surface area contributed by atoms with Gasteiger partial charge in [-0.2, -0.15) is 5.10 Å². The number of nitrogens with one attached hydrogen (secondary N) is 1. The van der Waals surface area contributed by atoms with Crippen molar-refractivity contribution in [2.45, 2.75) is 0 Å². The highest BCUT2D eigenvalue weighted by atomic mass is 16.4. The fourth-order valence-corrected chi connectivity index (χ4v) is 1.89. The standard InChI is InChI=1S/C13H10N4O2/c18-13(19)11-7-10(15-16-11)9-3-1-2-4-12(9)17-6-5-14-8-17/h1-8H,(H,15,16)(H,18,19). The van der Waals surface area contributed by atoms with Crippen LogP contribution >= 0.6 is 0 Å². The van der Waals surface area contributed by atoms with Crippen LogP contribution in [-0.2, 0) is 0 Å². The van der Waals surface area contributed by atoms with E-state index in [9.17, 15) is 4.79 Å². The normalized spacial score (nSPS) is 10.5. The van der Waals surface area contributed by atoms with Crippen molar-refractivity contribution in [1.29, 1.82) is 0 Å². The number of benzene rings is 1. The van der Waals surface area contributed by atoms with Crippen LogP contribution in [-0.4, -0.2) is 30.8 Å². The topological polar surface area (TPSA) is 83.8 Å². The second-order valence-electron chi connectivity index (χ2n) is 3.96. The molecule has 0 aliphatic heterocycles. The van der Waals surface area contributed by atoms with Gasteiger partial charge in [-0.3, -0.25) is 5.10 Å². The molecule has 1 aromatic carbocycles. The smallest absolute Gasteiger partial charge is 0.353 e. The Labute approximate surface area is 108 Å². The number of hydrogen-bond acceptors (Lipinski definition) is 3. The Bertz CT molecular complexity index is 716. The van der Waals surface area contributed by atoms with E-state index < -0.39 is 5.97 Å². The summed E-state index contributed by atoms with van der Waals surface area (Å²) in [5, 5.41) is 15.5. The fourth-order valence-electron chi connectivity index (χ4n) is 1.89. The molecule has 0 aliphatic carbocycles. The van der Waals surface area contributed by atoms with Crippen LogP contribution in [0.25, 0.3) is 16.9 Å². The van der Waals surface area contributed by atoms with E-state index in [1.807, 2.05) is 35.0 Å². The highest BCUT2D eigenvalue weighted by Gasteiger charge is 2.12. The predicted molar refractivity (Wildman–Crippen MR) is 68.1 cm³/mol. The number of carboxylic acid groups (broad SMARTS) is 1. The number of hydrogen-bond donors (Lipinski definition) is 2. The first kappa shape index (κ1) is 11.2. The highest BCUT2D eigenvalue weighted by Crippen LogP contribution is 2.25. The molecule has 6 heteroatoms. The summed E-state index contributed by atoms with van der Waals surface area (Å²) in [7, 11) is 0. The summed E-state index contributed by atoms with van der Waals surface area (Å²) >= 11 is 0. The molecule has 0 spiro atoms. The maximum Gasteiger partial charge on any atom is 0.353 e. The molecule has 0 atom stereocenters. The van der Waals surface area contributed by atoms with E-state index in [1.54, 1.807) is 12.5 Å². The van der Waals surface area contributed by atoms with Gasteiger partial charge in [-0.1, -0.05) is 18.2 Å². The Kier molecular flexibility index (Phi) is 2.60. The van der Waals surface area contributed by atoms with E-state index in [0.29, 0.717) is 5.69 Å². The minimum atomic E-state index is -1.03. The Morgan fingerprint density at radius 3 is 2.84 bits per heavy atom. The van der Waals surface area contributed by atoms with Crippen molar-refractivity contribution >= 4 is 5.97 Å². The molecule has 0 bridgehead atoms. The molecule has 3 aromatic rings. The van der Waals surface area contributed by atoms with Gasteiger partial charge < -0.3 is 9.67 Å². The van der Waals surface area contributed by atoms with Crippen LogP contribution in [0.1, 0.15) is 10.5 Å².